The van der Waals surface area contributed by atoms with Gasteiger partial charge in [-0.05, 0) is 30.9 Å². The third kappa shape index (κ3) is 1.95. The summed E-state index contributed by atoms with van der Waals surface area (Å²) in [4.78, 5) is 13.9. The second-order valence-electron chi connectivity index (χ2n) is 4.27. The van der Waals surface area contributed by atoms with E-state index in [0.717, 1.165) is 25.1 Å². The fraction of sp³-hybridized carbons (Fsp3) is 0.462. The monoisotopic (exact) mass is 218 g/mol. The highest BCUT2D eigenvalue weighted by Crippen LogP contribution is 2.30. The summed E-state index contributed by atoms with van der Waals surface area (Å²) < 4.78 is 0. The first kappa shape index (κ1) is 11.1. The molecule has 0 fully saturated rings. The molecule has 0 radical (unpaired) electrons. The van der Waals surface area contributed by atoms with Crippen molar-refractivity contribution in [2.45, 2.75) is 26.2 Å². The number of anilines is 1. The second-order valence-corrected chi connectivity index (χ2v) is 4.27. The van der Waals surface area contributed by atoms with Crippen LogP contribution in [-0.2, 0) is 11.2 Å². The summed E-state index contributed by atoms with van der Waals surface area (Å²) in [7, 11) is 0. The molecule has 2 rings (SSSR count). The number of aryl methyl sites for hydroxylation is 2. The minimum absolute atomic E-state index is 0.151. The average Bonchev–Trinajstić information content (AvgIpc) is 2.29. The van der Waals surface area contributed by atoms with Crippen LogP contribution in [-0.4, -0.2) is 19.0 Å². The molecule has 86 valence electrons. The molecule has 1 aromatic carbocycles. The van der Waals surface area contributed by atoms with Gasteiger partial charge in [-0.15, -0.1) is 0 Å². The van der Waals surface area contributed by atoms with Crippen LogP contribution in [0.3, 0.4) is 0 Å². The zero-order chi connectivity index (χ0) is 11.5. The van der Waals surface area contributed by atoms with E-state index in [4.69, 9.17) is 5.73 Å². The molecule has 0 unspecified atom stereocenters. The molecule has 1 heterocycles. The molecule has 2 N–H and O–H groups in total. The third-order valence-corrected chi connectivity index (χ3v) is 3.08. The first-order valence-corrected chi connectivity index (χ1v) is 5.83. The van der Waals surface area contributed by atoms with E-state index in [0.29, 0.717) is 13.0 Å². The van der Waals surface area contributed by atoms with Gasteiger partial charge in [0.15, 0.2) is 0 Å². The van der Waals surface area contributed by atoms with E-state index in [1.54, 1.807) is 0 Å². The minimum Gasteiger partial charge on any atom is -0.330 e. The van der Waals surface area contributed by atoms with Crippen LogP contribution in [0.25, 0.3) is 0 Å². The highest BCUT2D eigenvalue weighted by Gasteiger charge is 2.22. The molecule has 0 aromatic heterocycles. The zero-order valence-electron chi connectivity index (χ0n) is 9.70. The number of benzene rings is 1. The zero-order valence-corrected chi connectivity index (χ0v) is 9.70. The summed E-state index contributed by atoms with van der Waals surface area (Å²) in [6.07, 6.45) is 2.56. The number of hydrogen-bond acceptors (Lipinski definition) is 2. The van der Waals surface area contributed by atoms with Crippen LogP contribution in [0, 0.1) is 6.92 Å². The Labute approximate surface area is 96.2 Å². The molecule has 16 heavy (non-hydrogen) atoms. The number of nitrogens with zero attached hydrogens (tertiary/aromatic N) is 1. The van der Waals surface area contributed by atoms with Gasteiger partial charge in [0.2, 0.25) is 5.91 Å². The molecule has 1 aliphatic heterocycles. The summed E-state index contributed by atoms with van der Waals surface area (Å²) in [5, 5.41) is 0. The molecular weight excluding hydrogens is 200 g/mol. The smallest absolute Gasteiger partial charge is 0.228 e. The summed E-state index contributed by atoms with van der Waals surface area (Å²) in [5.41, 5.74) is 9.04. The Hall–Kier alpha value is -1.35. The number of para-hydroxylation sites is 1. The number of carbonyl (C=O) groups is 1. The number of carbonyl (C=O) groups excluding carboxylic acids is 1. The van der Waals surface area contributed by atoms with Gasteiger partial charge in [-0.3, -0.25) is 4.79 Å². The predicted molar refractivity (Wildman–Crippen MR) is 65.5 cm³/mol. The Morgan fingerprint density at radius 2 is 2.31 bits per heavy atom. The molecule has 1 aromatic rings. The van der Waals surface area contributed by atoms with Gasteiger partial charge in [0.05, 0.1) is 0 Å². The van der Waals surface area contributed by atoms with E-state index >= 15 is 0 Å². The van der Waals surface area contributed by atoms with Gasteiger partial charge in [0, 0.05) is 25.2 Å². The SMILES string of the molecule is Cc1cccc2c1N(C(=O)CCN)CCC2. The first-order valence-electron chi connectivity index (χ1n) is 5.83. The summed E-state index contributed by atoms with van der Waals surface area (Å²) >= 11 is 0. The minimum atomic E-state index is 0.151. The molecule has 0 aliphatic carbocycles. The molecule has 0 spiro atoms. The van der Waals surface area contributed by atoms with Crippen LogP contribution in [0.4, 0.5) is 5.69 Å². The Morgan fingerprint density at radius 1 is 1.50 bits per heavy atom. The quantitative estimate of drug-likeness (QED) is 0.820. The Morgan fingerprint density at radius 3 is 3.06 bits per heavy atom. The van der Waals surface area contributed by atoms with Gasteiger partial charge in [0.25, 0.3) is 0 Å². The lowest BCUT2D eigenvalue weighted by Gasteiger charge is -2.31. The van der Waals surface area contributed by atoms with Gasteiger partial charge < -0.3 is 10.6 Å². The van der Waals surface area contributed by atoms with Gasteiger partial charge in [-0.2, -0.15) is 0 Å². The van der Waals surface area contributed by atoms with E-state index in [1.165, 1.54) is 11.1 Å². The lowest BCUT2D eigenvalue weighted by Crippen LogP contribution is -2.37. The molecule has 0 saturated carbocycles. The Balaban J connectivity index is 2.35. The number of fused-ring (bicyclic) bond motifs is 1. The molecule has 1 amide bonds. The molecule has 1 aliphatic rings. The Kier molecular flexibility index (Phi) is 3.25. The van der Waals surface area contributed by atoms with E-state index in [9.17, 15) is 4.79 Å². The van der Waals surface area contributed by atoms with E-state index in [1.807, 2.05) is 4.90 Å². The van der Waals surface area contributed by atoms with Crippen molar-refractivity contribution in [3.05, 3.63) is 29.3 Å². The molecular formula is C13H18N2O. The fourth-order valence-corrected chi connectivity index (χ4v) is 2.35. The number of amides is 1. The maximum atomic E-state index is 12.0. The highest BCUT2D eigenvalue weighted by molar-refractivity contribution is 5.95. The number of hydrogen-bond donors (Lipinski definition) is 1. The molecule has 0 bridgehead atoms. The van der Waals surface area contributed by atoms with Crippen molar-refractivity contribution in [3.63, 3.8) is 0 Å². The molecule has 0 saturated heterocycles. The van der Waals surface area contributed by atoms with Crippen LogP contribution < -0.4 is 10.6 Å². The fourth-order valence-electron chi connectivity index (χ4n) is 2.35. The number of nitrogens with two attached hydrogens (primary N) is 1. The average molecular weight is 218 g/mol. The van der Waals surface area contributed by atoms with Gasteiger partial charge in [-0.25, -0.2) is 0 Å². The molecule has 0 atom stereocenters. The van der Waals surface area contributed by atoms with Crippen LogP contribution in [0.2, 0.25) is 0 Å². The van der Waals surface area contributed by atoms with Crippen molar-refractivity contribution in [1.29, 1.82) is 0 Å². The van der Waals surface area contributed by atoms with Gasteiger partial charge in [-0.1, -0.05) is 18.2 Å². The summed E-state index contributed by atoms with van der Waals surface area (Å²) in [5.74, 6) is 0.151. The standard InChI is InChI=1S/C13H18N2O/c1-10-4-2-5-11-6-3-9-15(13(10)11)12(16)7-8-14/h2,4-5H,3,6-9,14H2,1H3. The van der Waals surface area contributed by atoms with Crippen molar-refractivity contribution in [1.82, 2.24) is 0 Å². The van der Waals surface area contributed by atoms with Crippen molar-refractivity contribution in [2.24, 2.45) is 5.73 Å². The topological polar surface area (TPSA) is 46.3 Å². The van der Waals surface area contributed by atoms with Crippen molar-refractivity contribution < 1.29 is 4.79 Å². The lowest BCUT2D eigenvalue weighted by atomic mass is 9.98. The highest BCUT2D eigenvalue weighted by atomic mass is 16.2. The first-order chi connectivity index (χ1) is 7.74. The van der Waals surface area contributed by atoms with Gasteiger partial charge in [0.1, 0.15) is 0 Å². The summed E-state index contributed by atoms with van der Waals surface area (Å²) in [6, 6.07) is 6.24. The second kappa shape index (κ2) is 4.66. The van der Waals surface area contributed by atoms with Crippen molar-refractivity contribution in [3.8, 4) is 0 Å². The summed E-state index contributed by atoms with van der Waals surface area (Å²) in [6.45, 7) is 3.32. The van der Waals surface area contributed by atoms with Crippen LogP contribution in [0.1, 0.15) is 24.0 Å². The Bertz CT molecular complexity index is 401. The maximum Gasteiger partial charge on any atom is 0.228 e. The largest absolute Gasteiger partial charge is 0.330 e. The lowest BCUT2D eigenvalue weighted by molar-refractivity contribution is -0.118. The predicted octanol–water partition coefficient (Wildman–Crippen LogP) is 1.62. The van der Waals surface area contributed by atoms with E-state index in [2.05, 4.69) is 25.1 Å². The normalized spacial score (nSPS) is 14.8. The molecule has 3 nitrogen and oxygen atoms in total. The van der Waals surface area contributed by atoms with E-state index in [-0.39, 0.29) is 5.91 Å². The van der Waals surface area contributed by atoms with Crippen molar-refractivity contribution in [2.75, 3.05) is 18.0 Å². The maximum absolute atomic E-state index is 12.0. The van der Waals surface area contributed by atoms with Gasteiger partial charge >= 0.3 is 0 Å². The molecule has 3 heteroatoms. The van der Waals surface area contributed by atoms with Crippen molar-refractivity contribution >= 4 is 11.6 Å². The number of rotatable bonds is 2. The third-order valence-electron chi connectivity index (χ3n) is 3.08. The van der Waals surface area contributed by atoms with E-state index < -0.39 is 0 Å². The van der Waals surface area contributed by atoms with Crippen LogP contribution >= 0.6 is 0 Å². The van der Waals surface area contributed by atoms with Crippen LogP contribution in [0.15, 0.2) is 18.2 Å². The van der Waals surface area contributed by atoms with Crippen LogP contribution in [0.5, 0.6) is 0 Å².